The van der Waals surface area contributed by atoms with E-state index in [0.29, 0.717) is 12.4 Å². The quantitative estimate of drug-likeness (QED) is 0.466. The van der Waals surface area contributed by atoms with Crippen LogP contribution in [0.4, 0.5) is 9.59 Å². The lowest BCUT2D eigenvalue weighted by Crippen LogP contribution is -2.66. The van der Waals surface area contributed by atoms with Gasteiger partial charge in [0, 0.05) is 12.4 Å². The molecule has 1 aliphatic rings. The summed E-state index contributed by atoms with van der Waals surface area (Å²) in [7, 11) is 0. The molecule has 0 aromatic heterocycles. The summed E-state index contributed by atoms with van der Waals surface area (Å²) in [6.45, 7) is 0. The van der Waals surface area contributed by atoms with Crippen LogP contribution >= 0.6 is 0 Å². The summed E-state index contributed by atoms with van der Waals surface area (Å²) >= 11 is 0. The topological polar surface area (TPSA) is 156 Å². The molecular weight excluding hydrogens is 240 g/mol. The van der Waals surface area contributed by atoms with E-state index in [1.165, 1.54) is 0 Å². The minimum absolute atomic E-state index is 0.119. The van der Waals surface area contributed by atoms with Crippen LogP contribution in [0.25, 0.3) is 0 Å². The smallest absolute Gasteiger partial charge is 0.414 e. The van der Waals surface area contributed by atoms with Crippen molar-refractivity contribution in [2.45, 2.75) is 5.66 Å². The number of rotatable bonds is 2. The predicted molar refractivity (Wildman–Crippen MR) is 46.9 cm³/mol. The van der Waals surface area contributed by atoms with Gasteiger partial charge in [-0.1, -0.05) is 0 Å². The molecule has 0 bridgehead atoms. The van der Waals surface area contributed by atoms with E-state index >= 15 is 0 Å². The molecule has 4 N–H and O–H groups in total. The Balaban J connectivity index is 3.45. The normalized spacial score (nSPS) is 16.9. The highest BCUT2D eigenvalue weighted by Gasteiger charge is 2.63. The summed E-state index contributed by atoms with van der Waals surface area (Å²) in [5.74, 6) is -4.28. The van der Waals surface area contributed by atoms with Crippen molar-refractivity contribution < 1.29 is 39.6 Å². The lowest BCUT2D eigenvalue weighted by atomic mass is 10.1. The van der Waals surface area contributed by atoms with Gasteiger partial charge in [0.15, 0.2) is 0 Å². The van der Waals surface area contributed by atoms with Gasteiger partial charge in [0.25, 0.3) is 0 Å². The van der Waals surface area contributed by atoms with Crippen LogP contribution in [0, 0.1) is 0 Å². The molecule has 0 aliphatic carbocycles. The fourth-order valence-electron chi connectivity index (χ4n) is 1.37. The Morgan fingerprint density at radius 3 is 1.24 bits per heavy atom. The maximum atomic E-state index is 11.0. The van der Waals surface area contributed by atoms with Crippen LogP contribution in [0.15, 0.2) is 12.4 Å². The summed E-state index contributed by atoms with van der Waals surface area (Å²) in [6.07, 6.45) is -2.73. The van der Waals surface area contributed by atoms with Gasteiger partial charge >= 0.3 is 29.8 Å². The molecule has 1 rings (SSSR count). The Morgan fingerprint density at radius 1 is 0.765 bits per heavy atom. The number of carboxylic acid groups (broad SMARTS) is 4. The molecule has 0 radical (unpaired) electrons. The van der Waals surface area contributed by atoms with E-state index in [1.54, 1.807) is 0 Å². The van der Waals surface area contributed by atoms with Crippen LogP contribution in [0.3, 0.4) is 0 Å². The first-order valence-electron chi connectivity index (χ1n) is 3.96. The second-order valence-electron chi connectivity index (χ2n) is 2.89. The van der Waals surface area contributed by atoms with E-state index in [0.717, 1.165) is 0 Å². The minimum Gasteiger partial charge on any atom is -0.478 e. The van der Waals surface area contributed by atoms with Crippen molar-refractivity contribution in [3.05, 3.63) is 12.4 Å². The monoisotopic (exact) mass is 246 g/mol. The van der Waals surface area contributed by atoms with E-state index < -0.39 is 29.8 Å². The first-order valence-corrected chi connectivity index (χ1v) is 3.96. The molecule has 10 heteroatoms. The highest BCUT2D eigenvalue weighted by atomic mass is 16.4. The molecule has 0 fully saturated rings. The Bertz CT molecular complexity index is 401. The lowest BCUT2D eigenvalue weighted by Gasteiger charge is -2.32. The number of hydrogen-bond donors (Lipinski definition) is 4. The summed E-state index contributed by atoms with van der Waals surface area (Å²) in [6, 6.07) is 0. The summed E-state index contributed by atoms with van der Waals surface area (Å²) < 4.78 is 0. The molecule has 0 aromatic carbocycles. The van der Waals surface area contributed by atoms with Crippen LogP contribution in [-0.4, -0.2) is 60.0 Å². The van der Waals surface area contributed by atoms with Crippen molar-refractivity contribution >= 4 is 24.1 Å². The van der Waals surface area contributed by atoms with Crippen LogP contribution in [0.5, 0.6) is 0 Å². The van der Waals surface area contributed by atoms with E-state index in [2.05, 4.69) is 0 Å². The Morgan fingerprint density at radius 2 is 1.06 bits per heavy atom. The van der Waals surface area contributed by atoms with Crippen LogP contribution in [0.1, 0.15) is 0 Å². The van der Waals surface area contributed by atoms with E-state index in [9.17, 15) is 19.2 Å². The third-order valence-corrected chi connectivity index (χ3v) is 2.07. The number of nitrogens with zero attached hydrogens (tertiary/aromatic N) is 2. The van der Waals surface area contributed by atoms with Crippen LogP contribution in [-0.2, 0) is 9.59 Å². The third kappa shape index (κ3) is 1.42. The van der Waals surface area contributed by atoms with Gasteiger partial charge in [0.2, 0.25) is 0 Å². The van der Waals surface area contributed by atoms with Crippen molar-refractivity contribution in [2.75, 3.05) is 0 Å². The van der Waals surface area contributed by atoms with E-state index in [1.807, 2.05) is 0 Å². The molecule has 0 saturated heterocycles. The summed E-state index contributed by atoms with van der Waals surface area (Å²) in [5, 5.41) is 35.0. The second-order valence-corrected chi connectivity index (χ2v) is 2.89. The average Bonchev–Trinajstić information content (AvgIpc) is 2.57. The molecule has 1 aliphatic heterocycles. The van der Waals surface area contributed by atoms with Crippen molar-refractivity contribution in [3.8, 4) is 0 Å². The zero-order valence-corrected chi connectivity index (χ0v) is 7.97. The largest absolute Gasteiger partial charge is 0.478 e. The number of amides is 2. The molecule has 0 saturated carbocycles. The molecular formula is C7H6N2O8. The maximum absolute atomic E-state index is 11.0. The van der Waals surface area contributed by atoms with Gasteiger partial charge < -0.3 is 20.4 Å². The fourth-order valence-corrected chi connectivity index (χ4v) is 1.37. The summed E-state index contributed by atoms with van der Waals surface area (Å²) in [4.78, 5) is 43.1. The Hall–Kier alpha value is -2.78. The van der Waals surface area contributed by atoms with Gasteiger partial charge in [-0.2, -0.15) is 0 Å². The Labute approximate surface area is 92.6 Å². The molecule has 0 unspecified atom stereocenters. The van der Waals surface area contributed by atoms with Crippen molar-refractivity contribution in [1.29, 1.82) is 0 Å². The van der Waals surface area contributed by atoms with Crippen molar-refractivity contribution in [3.63, 3.8) is 0 Å². The molecule has 92 valence electrons. The maximum Gasteiger partial charge on any atom is 0.414 e. The Kier molecular flexibility index (Phi) is 2.65. The average molecular weight is 246 g/mol. The number of hydrogen-bond acceptors (Lipinski definition) is 4. The highest BCUT2D eigenvalue weighted by molar-refractivity contribution is 6.08. The van der Waals surface area contributed by atoms with Gasteiger partial charge in [-0.15, -0.1) is 0 Å². The van der Waals surface area contributed by atoms with Crippen molar-refractivity contribution in [1.82, 2.24) is 9.80 Å². The zero-order valence-electron chi connectivity index (χ0n) is 7.97. The first kappa shape index (κ1) is 12.3. The molecule has 1 heterocycles. The fraction of sp³-hybridized carbons (Fsp3) is 0.143. The SMILES string of the molecule is O=C(O)N1C=CN(C(=O)O)C1(C(=O)O)C(=O)O. The van der Waals surface area contributed by atoms with Crippen LogP contribution < -0.4 is 0 Å². The molecule has 0 spiro atoms. The van der Waals surface area contributed by atoms with E-state index in [-0.39, 0.29) is 9.80 Å². The standard InChI is InChI=1S/C7H6N2O8/c10-3(11)7(4(12)13)8(5(14)15)1-2-9(7)6(16)17/h1-2H,(H,10,11)(H,12,13)(H,14,15)(H,16,17). The van der Waals surface area contributed by atoms with Gasteiger partial charge in [-0.3, -0.25) is 0 Å². The molecule has 0 aromatic rings. The number of carbonyl (C=O) groups is 4. The van der Waals surface area contributed by atoms with Gasteiger partial charge in [0.05, 0.1) is 0 Å². The van der Waals surface area contributed by atoms with E-state index in [4.69, 9.17) is 20.4 Å². The molecule has 2 amide bonds. The first-order chi connectivity index (χ1) is 7.76. The molecule has 0 atom stereocenters. The van der Waals surface area contributed by atoms with Crippen LogP contribution in [0.2, 0.25) is 0 Å². The zero-order chi connectivity index (χ0) is 13.4. The lowest BCUT2D eigenvalue weighted by molar-refractivity contribution is -0.172. The number of carboxylic acids is 2. The second kappa shape index (κ2) is 3.66. The van der Waals surface area contributed by atoms with Gasteiger partial charge in [-0.05, 0) is 0 Å². The van der Waals surface area contributed by atoms with Crippen molar-refractivity contribution in [2.24, 2.45) is 0 Å². The predicted octanol–water partition coefficient (Wildman–Crippen LogP) is -0.703. The third-order valence-electron chi connectivity index (χ3n) is 2.07. The van der Waals surface area contributed by atoms with Gasteiger partial charge in [0.1, 0.15) is 0 Å². The van der Waals surface area contributed by atoms with Gasteiger partial charge in [-0.25, -0.2) is 29.0 Å². The summed E-state index contributed by atoms with van der Waals surface area (Å²) in [5.41, 5.74) is -3.24. The molecule has 10 nitrogen and oxygen atoms in total. The number of aliphatic carboxylic acids is 2. The molecule has 17 heavy (non-hydrogen) atoms. The minimum atomic E-state index is -3.24. The highest BCUT2D eigenvalue weighted by Crippen LogP contribution is 2.29.